The maximum absolute atomic E-state index is 6.22. The molecule has 0 amide bonds. The number of benzene rings is 1. The fourth-order valence-corrected chi connectivity index (χ4v) is 5.36. The van der Waals surface area contributed by atoms with Gasteiger partial charge in [-0.3, -0.25) is 0 Å². The Bertz CT molecular complexity index is 502. The van der Waals surface area contributed by atoms with Gasteiger partial charge in [0.25, 0.3) is 0 Å². The molecule has 1 aromatic rings. The highest BCUT2D eigenvalue weighted by Crippen LogP contribution is 2.44. The van der Waals surface area contributed by atoms with Crippen LogP contribution in [0.1, 0.15) is 36.4 Å². The Kier molecular flexibility index (Phi) is 4.84. The monoisotopic (exact) mass is 325 g/mol. The highest BCUT2D eigenvalue weighted by Gasteiger charge is 2.42. The molecular weight excluding hydrogens is 302 g/mol. The van der Waals surface area contributed by atoms with E-state index < -0.39 is 0 Å². The summed E-state index contributed by atoms with van der Waals surface area (Å²) >= 11 is 8.26. The van der Waals surface area contributed by atoms with Gasteiger partial charge in [-0.15, -0.1) is 0 Å². The molecule has 0 saturated carbocycles. The van der Waals surface area contributed by atoms with E-state index >= 15 is 0 Å². The van der Waals surface area contributed by atoms with Gasteiger partial charge in [0.1, 0.15) is 0 Å². The van der Waals surface area contributed by atoms with E-state index in [9.17, 15) is 0 Å². The summed E-state index contributed by atoms with van der Waals surface area (Å²) in [5.74, 6) is 3.03. The number of hydrogen-bond acceptors (Lipinski definition) is 3. The minimum Gasteiger partial charge on any atom is -0.374 e. The summed E-state index contributed by atoms with van der Waals surface area (Å²) in [4.78, 5) is 0. The lowest BCUT2D eigenvalue weighted by Gasteiger charge is -2.41. The third-order valence-electron chi connectivity index (χ3n) is 4.96. The normalized spacial score (nSPS) is 30.7. The van der Waals surface area contributed by atoms with Crippen molar-refractivity contribution >= 4 is 23.4 Å². The minimum absolute atomic E-state index is 0.134. The molecule has 3 unspecified atom stereocenters. The molecule has 0 radical (unpaired) electrons. The molecule has 0 aromatic heterocycles. The van der Waals surface area contributed by atoms with E-state index in [4.69, 9.17) is 16.3 Å². The second-order valence-electron chi connectivity index (χ2n) is 6.35. The summed E-state index contributed by atoms with van der Waals surface area (Å²) in [6, 6.07) is 6.60. The Balaban J connectivity index is 1.84. The van der Waals surface area contributed by atoms with Crippen LogP contribution in [0.3, 0.4) is 0 Å². The number of aryl methyl sites for hydroxylation is 1. The van der Waals surface area contributed by atoms with Gasteiger partial charge >= 0.3 is 0 Å². The average molecular weight is 326 g/mol. The van der Waals surface area contributed by atoms with E-state index in [1.54, 1.807) is 0 Å². The molecule has 21 heavy (non-hydrogen) atoms. The van der Waals surface area contributed by atoms with Crippen molar-refractivity contribution in [2.45, 2.75) is 37.8 Å². The zero-order chi connectivity index (χ0) is 14.9. The second kappa shape index (κ2) is 6.49. The lowest BCUT2D eigenvalue weighted by atomic mass is 9.78. The molecule has 116 valence electrons. The van der Waals surface area contributed by atoms with Crippen LogP contribution in [0.5, 0.6) is 0 Å². The topological polar surface area (TPSA) is 21.3 Å². The van der Waals surface area contributed by atoms with E-state index in [0.29, 0.717) is 12.0 Å². The molecule has 2 nitrogen and oxygen atoms in total. The smallest absolute Gasteiger partial charge is 0.0783 e. The molecule has 2 aliphatic rings. The van der Waals surface area contributed by atoms with E-state index in [1.165, 1.54) is 23.3 Å². The van der Waals surface area contributed by atoms with Crippen LogP contribution < -0.4 is 5.32 Å². The maximum atomic E-state index is 6.22. The minimum atomic E-state index is 0.134. The first-order valence-corrected chi connectivity index (χ1v) is 9.32. The van der Waals surface area contributed by atoms with Crippen LogP contribution in [0.2, 0.25) is 5.02 Å². The van der Waals surface area contributed by atoms with Crippen molar-refractivity contribution in [1.82, 2.24) is 5.32 Å². The Hall–Kier alpha value is -0.220. The van der Waals surface area contributed by atoms with Gasteiger partial charge in [-0.1, -0.05) is 17.7 Å². The van der Waals surface area contributed by atoms with Gasteiger partial charge < -0.3 is 10.1 Å². The van der Waals surface area contributed by atoms with Gasteiger partial charge in [-0.2, -0.15) is 11.8 Å². The highest BCUT2D eigenvalue weighted by molar-refractivity contribution is 7.99. The Morgan fingerprint density at radius 1 is 1.48 bits per heavy atom. The Labute approximate surface area is 137 Å². The molecule has 2 aliphatic heterocycles. The lowest BCUT2D eigenvalue weighted by Crippen LogP contribution is -2.43. The first-order valence-electron chi connectivity index (χ1n) is 7.79. The van der Waals surface area contributed by atoms with Crippen molar-refractivity contribution in [2.75, 3.05) is 25.2 Å². The van der Waals surface area contributed by atoms with E-state index in [-0.39, 0.29) is 5.60 Å². The Morgan fingerprint density at radius 3 is 3.05 bits per heavy atom. The standard InChI is InChI=1S/C17H24ClNOS/c1-12-3-4-14(18)9-15(12)16(19-2)13-5-7-20-17(10-13)6-8-21-11-17/h3-4,9,13,16,19H,5-8,10-11H2,1-2H3. The summed E-state index contributed by atoms with van der Waals surface area (Å²) in [6.07, 6.45) is 3.50. The fraction of sp³-hybridized carbons (Fsp3) is 0.647. The number of nitrogens with one attached hydrogen (secondary N) is 1. The third-order valence-corrected chi connectivity index (χ3v) is 6.42. The SMILES string of the molecule is CNC(c1cc(Cl)ccc1C)C1CCOC2(CCSC2)C1. The number of hydrogen-bond donors (Lipinski definition) is 1. The molecule has 1 spiro atoms. The summed E-state index contributed by atoms with van der Waals surface area (Å²) in [5.41, 5.74) is 2.80. The van der Waals surface area contributed by atoms with Crippen LogP contribution in [0, 0.1) is 12.8 Å². The van der Waals surface area contributed by atoms with Crippen molar-refractivity contribution in [3.63, 3.8) is 0 Å². The molecule has 2 heterocycles. The number of thioether (sulfide) groups is 1. The van der Waals surface area contributed by atoms with Crippen molar-refractivity contribution < 1.29 is 4.74 Å². The van der Waals surface area contributed by atoms with Gasteiger partial charge in [0.05, 0.1) is 5.60 Å². The van der Waals surface area contributed by atoms with Crippen LogP contribution in [0.15, 0.2) is 18.2 Å². The van der Waals surface area contributed by atoms with Crippen LogP contribution in [-0.4, -0.2) is 30.8 Å². The zero-order valence-corrected chi connectivity index (χ0v) is 14.4. The lowest BCUT2D eigenvalue weighted by molar-refractivity contribution is -0.0850. The van der Waals surface area contributed by atoms with Gasteiger partial charge in [-0.25, -0.2) is 0 Å². The molecule has 1 N–H and O–H groups in total. The maximum Gasteiger partial charge on any atom is 0.0783 e. The molecule has 2 saturated heterocycles. The summed E-state index contributed by atoms with van der Waals surface area (Å²) in [6.45, 7) is 3.07. The molecule has 1 aromatic carbocycles. The molecule has 0 aliphatic carbocycles. The highest BCUT2D eigenvalue weighted by atomic mass is 35.5. The molecule has 2 fully saturated rings. The van der Waals surface area contributed by atoms with E-state index in [0.717, 1.165) is 30.2 Å². The van der Waals surface area contributed by atoms with Crippen LogP contribution in [0.25, 0.3) is 0 Å². The van der Waals surface area contributed by atoms with Crippen molar-refractivity contribution in [2.24, 2.45) is 5.92 Å². The number of rotatable bonds is 3. The summed E-state index contributed by atoms with van der Waals surface area (Å²) in [5, 5.41) is 4.37. The van der Waals surface area contributed by atoms with Crippen LogP contribution >= 0.6 is 23.4 Å². The predicted molar refractivity (Wildman–Crippen MR) is 91.3 cm³/mol. The number of halogens is 1. The molecule has 4 heteroatoms. The first kappa shape index (κ1) is 15.7. The quantitative estimate of drug-likeness (QED) is 0.899. The zero-order valence-electron chi connectivity index (χ0n) is 12.8. The van der Waals surface area contributed by atoms with Crippen molar-refractivity contribution in [3.05, 3.63) is 34.3 Å². The van der Waals surface area contributed by atoms with Gasteiger partial charge in [0, 0.05) is 23.4 Å². The van der Waals surface area contributed by atoms with Gasteiger partial charge in [-0.05, 0) is 68.2 Å². The fourth-order valence-electron chi connectivity index (χ4n) is 3.81. The summed E-state index contributed by atoms with van der Waals surface area (Å²) in [7, 11) is 2.07. The largest absolute Gasteiger partial charge is 0.374 e. The first-order chi connectivity index (χ1) is 10.1. The van der Waals surface area contributed by atoms with Gasteiger partial charge in [0.15, 0.2) is 0 Å². The molecule has 0 bridgehead atoms. The van der Waals surface area contributed by atoms with Crippen LogP contribution in [0.4, 0.5) is 0 Å². The number of ether oxygens (including phenoxy) is 1. The third kappa shape index (κ3) is 3.26. The predicted octanol–water partition coefficient (Wildman–Crippen LogP) is 4.21. The van der Waals surface area contributed by atoms with Crippen molar-refractivity contribution in [3.8, 4) is 0 Å². The van der Waals surface area contributed by atoms with Crippen molar-refractivity contribution in [1.29, 1.82) is 0 Å². The van der Waals surface area contributed by atoms with E-state index in [2.05, 4.69) is 31.4 Å². The summed E-state index contributed by atoms with van der Waals surface area (Å²) < 4.78 is 6.17. The second-order valence-corrected chi connectivity index (χ2v) is 7.90. The average Bonchev–Trinajstić information content (AvgIpc) is 2.91. The van der Waals surface area contributed by atoms with E-state index in [1.807, 2.05) is 17.8 Å². The van der Waals surface area contributed by atoms with Gasteiger partial charge in [0.2, 0.25) is 0 Å². The molecule has 3 rings (SSSR count). The Morgan fingerprint density at radius 2 is 2.33 bits per heavy atom. The molecule has 3 atom stereocenters. The molecular formula is C17H24ClNOS. The van der Waals surface area contributed by atoms with Crippen LogP contribution in [-0.2, 0) is 4.74 Å².